The lowest BCUT2D eigenvalue weighted by molar-refractivity contribution is -0.139. The highest BCUT2D eigenvalue weighted by Gasteiger charge is 2.80. The van der Waals surface area contributed by atoms with Gasteiger partial charge in [0.05, 0.1) is 31.0 Å². The summed E-state index contributed by atoms with van der Waals surface area (Å²) >= 11 is 0. The van der Waals surface area contributed by atoms with Gasteiger partial charge in [0.2, 0.25) is 0 Å². The molecule has 0 aromatic carbocycles. The zero-order valence-electron chi connectivity index (χ0n) is 19.7. The van der Waals surface area contributed by atoms with Crippen LogP contribution >= 0.6 is 0 Å². The zero-order valence-corrected chi connectivity index (χ0v) is 19.7. The van der Waals surface area contributed by atoms with Gasteiger partial charge >= 0.3 is 5.63 Å². The van der Waals surface area contributed by atoms with Gasteiger partial charge in [-0.1, -0.05) is 13.8 Å². The van der Waals surface area contributed by atoms with Gasteiger partial charge in [-0.25, -0.2) is 4.79 Å². The first kappa shape index (κ1) is 21.7. The largest absolute Gasteiger partial charge is 0.473 e. The Kier molecular flexibility index (Phi) is 4.97. The van der Waals surface area contributed by atoms with Gasteiger partial charge in [0.1, 0.15) is 5.60 Å². The lowest BCUT2D eigenvalue weighted by atomic mass is 9.44. The maximum absolute atomic E-state index is 11.4. The Morgan fingerprint density at radius 2 is 1.79 bits per heavy atom. The number of aliphatic hydroxyl groups excluding tert-OH is 1. The van der Waals surface area contributed by atoms with E-state index in [1.807, 2.05) is 18.2 Å². The molecule has 1 aliphatic heterocycles. The normalized spacial score (nSPS) is 47.2. The Morgan fingerprint density at radius 3 is 2.48 bits per heavy atom. The second-order valence-corrected chi connectivity index (χ2v) is 11.7. The van der Waals surface area contributed by atoms with Crippen molar-refractivity contribution in [3.8, 4) is 0 Å². The first-order valence-corrected chi connectivity index (χ1v) is 12.8. The van der Waals surface area contributed by atoms with Crippen LogP contribution in [0.2, 0.25) is 0 Å². The second kappa shape index (κ2) is 7.58. The molecule has 5 heteroatoms. The topological polar surface area (TPSA) is 76.1 Å². The highest BCUT2D eigenvalue weighted by molar-refractivity contribution is 5.35. The minimum absolute atomic E-state index is 0.0285. The number of aliphatic hydroxyl groups is 1. The van der Waals surface area contributed by atoms with Crippen LogP contribution in [0, 0.1) is 28.6 Å². The molecule has 33 heavy (non-hydrogen) atoms. The van der Waals surface area contributed by atoms with Crippen LogP contribution in [-0.2, 0) is 4.74 Å². The SMILES string of the molecule is C[C@]12CC[C@H](O)C[C@H]1CC[C@@H]1[C@@H]2CC[C@]2(C)[C@@H](c3ccc(=O)oc3)C[C@H]3O[C@]132.c1ccoc1. The molecule has 5 fully saturated rings. The number of fused-ring (bicyclic) bond motifs is 3. The van der Waals surface area contributed by atoms with Crippen LogP contribution in [0.15, 0.2) is 56.7 Å². The average molecular weight is 453 g/mol. The molecule has 3 heterocycles. The third-order valence-corrected chi connectivity index (χ3v) is 10.6. The Hall–Kier alpha value is -1.85. The lowest BCUT2D eigenvalue weighted by Gasteiger charge is -2.61. The fraction of sp³-hybridized carbons (Fsp3) is 0.679. The van der Waals surface area contributed by atoms with Crippen molar-refractivity contribution >= 4 is 0 Å². The minimum Gasteiger partial charge on any atom is -0.473 e. The molecule has 9 atom stereocenters. The van der Waals surface area contributed by atoms with Crippen LogP contribution in [-0.4, -0.2) is 22.9 Å². The molecule has 178 valence electrons. The van der Waals surface area contributed by atoms with Gasteiger partial charge in [0.15, 0.2) is 0 Å². The summed E-state index contributed by atoms with van der Waals surface area (Å²) < 4.78 is 16.4. The second-order valence-electron chi connectivity index (χ2n) is 11.7. The number of hydrogen-bond acceptors (Lipinski definition) is 5. The molecule has 4 saturated carbocycles. The molecule has 2 aromatic heterocycles. The Balaban J connectivity index is 0.000000368. The third kappa shape index (κ3) is 3.07. The molecule has 5 aliphatic rings. The van der Waals surface area contributed by atoms with Crippen LogP contribution in [0.1, 0.15) is 76.7 Å². The van der Waals surface area contributed by atoms with Crippen LogP contribution < -0.4 is 5.63 Å². The van der Waals surface area contributed by atoms with E-state index in [0.717, 1.165) is 25.2 Å². The summed E-state index contributed by atoms with van der Waals surface area (Å²) in [4.78, 5) is 11.4. The molecule has 0 amide bonds. The average Bonchev–Trinajstić information content (AvgIpc) is 3.13. The summed E-state index contributed by atoms with van der Waals surface area (Å²) in [7, 11) is 0. The number of ether oxygens (including phenoxy) is 1. The van der Waals surface area contributed by atoms with Crippen molar-refractivity contribution in [2.24, 2.45) is 28.6 Å². The summed E-state index contributed by atoms with van der Waals surface area (Å²) in [5, 5.41) is 10.2. The summed E-state index contributed by atoms with van der Waals surface area (Å²) in [6.07, 6.45) is 14.4. The van der Waals surface area contributed by atoms with Crippen LogP contribution in [0.5, 0.6) is 0 Å². The number of hydrogen-bond donors (Lipinski definition) is 1. The summed E-state index contributed by atoms with van der Waals surface area (Å²) in [6, 6.07) is 7.22. The predicted octanol–water partition coefficient (Wildman–Crippen LogP) is 5.54. The molecule has 5 nitrogen and oxygen atoms in total. The van der Waals surface area contributed by atoms with E-state index in [4.69, 9.17) is 9.15 Å². The van der Waals surface area contributed by atoms with Gasteiger partial charge in [0.25, 0.3) is 0 Å². The van der Waals surface area contributed by atoms with Crippen LogP contribution in [0.4, 0.5) is 0 Å². The van der Waals surface area contributed by atoms with E-state index in [9.17, 15) is 9.90 Å². The quantitative estimate of drug-likeness (QED) is 0.575. The summed E-state index contributed by atoms with van der Waals surface area (Å²) in [6.45, 7) is 4.97. The van der Waals surface area contributed by atoms with Crippen molar-refractivity contribution in [1.82, 2.24) is 0 Å². The highest BCUT2D eigenvalue weighted by atomic mass is 16.6. The van der Waals surface area contributed by atoms with Crippen molar-refractivity contribution in [3.05, 3.63) is 59.0 Å². The molecule has 1 spiro atoms. The van der Waals surface area contributed by atoms with Crippen molar-refractivity contribution in [2.45, 2.75) is 88.9 Å². The number of epoxide rings is 1. The number of rotatable bonds is 1. The zero-order chi connectivity index (χ0) is 22.8. The van der Waals surface area contributed by atoms with Crippen molar-refractivity contribution in [3.63, 3.8) is 0 Å². The Morgan fingerprint density at radius 1 is 0.970 bits per heavy atom. The van der Waals surface area contributed by atoms with E-state index in [-0.39, 0.29) is 22.7 Å². The molecule has 1 saturated heterocycles. The van der Waals surface area contributed by atoms with Crippen molar-refractivity contribution in [2.75, 3.05) is 0 Å². The van der Waals surface area contributed by atoms with E-state index in [2.05, 4.69) is 18.3 Å². The lowest BCUT2D eigenvalue weighted by Crippen LogP contribution is -2.58. The molecule has 1 N–H and O–H groups in total. The van der Waals surface area contributed by atoms with E-state index in [0.29, 0.717) is 29.3 Å². The first-order chi connectivity index (χ1) is 15.9. The summed E-state index contributed by atoms with van der Waals surface area (Å²) in [5.41, 5.74) is 1.44. The fourth-order valence-corrected chi connectivity index (χ4v) is 8.96. The standard InChI is InChI=1S/C24H32O4.C4H4O/c1-22-9-7-16(25)11-15(22)4-5-18-17(22)8-10-23(2)19(12-20-24(18,23)28-20)14-3-6-21(26)27-13-14;1-2-4-5-3-1/h3,6,13,15-20,25H,4-5,7-12H2,1-2H3;1-4H/t15-,16+,17+,18-,19-,20-,22+,23-,24-;/m1./s1. The first-order valence-electron chi connectivity index (χ1n) is 12.8. The molecule has 0 radical (unpaired) electrons. The van der Waals surface area contributed by atoms with Gasteiger partial charge in [-0.05, 0) is 104 Å². The van der Waals surface area contributed by atoms with Gasteiger partial charge < -0.3 is 18.7 Å². The van der Waals surface area contributed by atoms with E-state index >= 15 is 0 Å². The van der Waals surface area contributed by atoms with Crippen molar-refractivity contribution < 1.29 is 18.7 Å². The molecule has 7 rings (SSSR count). The van der Waals surface area contributed by atoms with Gasteiger partial charge in [-0.15, -0.1) is 0 Å². The maximum atomic E-state index is 11.4. The van der Waals surface area contributed by atoms with E-state index < -0.39 is 0 Å². The minimum atomic E-state index is -0.266. The van der Waals surface area contributed by atoms with Crippen LogP contribution in [0.25, 0.3) is 0 Å². The Labute approximate surface area is 195 Å². The number of furan rings is 1. The maximum Gasteiger partial charge on any atom is 0.335 e. The molecular weight excluding hydrogens is 416 g/mol. The summed E-state index contributed by atoms with van der Waals surface area (Å²) in [5.74, 6) is 2.48. The Bertz CT molecular complexity index is 1010. The monoisotopic (exact) mass is 452 g/mol. The van der Waals surface area contributed by atoms with Gasteiger partial charge in [0, 0.05) is 11.5 Å². The van der Waals surface area contributed by atoms with E-state index in [1.165, 1.54) is 37.7 Å². The highest BCUT2D eigenvalue weighted by Crippen LogP contribution is 2.77. The van der Waals surface area contributed by atoms with Crippen molar-refractivity contribution in [1.29, 1.82) is 0 Å². The molecule has 4 aliphatic carbocycles. The third-order valence-electron chi connectivity index (χ3n) is 10.6. The van der Waals surface area contributed by atoms with Gasteiger partial charge in [-0.2, -0.15) is 0 Å². The molecular formula is C28H36O5. The van der Waals surface area contributed by atoms with Crippen LogP contribution in [0.3, 0.4) is 0 Å². The fourth-order valence-electron chi connectivity index (χ4n) is 8.96. The molecule has 2 aromatic rings. The smallest absolute Gasteiger partial charge is 0.335 e. The van der Waals surface area contributed by atoms with Gasteiger partial charge in [-0.3, -0.25) is 0 Å². The predicted molar refractivity (Wildman–Crippen MR) is 124 cm³/mol. The van der Waals surface area contributed by atoms with E-state index in [1.54, 1.807) is 24.9 Å². The molecule has 0 bridgehead atoms. The molecule has 0 unspecified atom stereocenters.